The van der Waals surface area contributed by atoms with E-state index < -0.39 is 24.2 Å². The van der Waals surface area contributed by atoms with Gasteiger partial charge in [0.05, 0.1) is 6.42 Å². The first-order valence-corrected chi connectivity index (χ1v) is 7.37. The number of Topliss-reactive ketones (excluding diaryl/α,β-unsaturated/α-hetero) is 2. The summed E-state index contributed by atoms with van der Waals surface area (Å²) in [6.07, 6.45) is -4.47. The molecule has 0 N–H and O–H groups in total. The minimum absolute atomic E-state index is 0.0280. The maximum absolute atomic E-state index is 12.2. The van der Waals surface area contributed by atoms with Gasteiger partial charge in [0, 0.05) is 5.56 Å². The molecule has 2 aromatic carbocycles. The van der Waals surface area contributed by atoms with Crippen LogP contribution in [0.4, 0.5) is 13.2 Å². The summed E-state index contributed by atoms with van der Waals surface area (Å²) in [5, 5.41) is 0. The van der Waals surface area contributed by atoms with Crippen LogP contribution in [0.3, 0.4) is 0 Å². The van der Waals surface area contributed by atoms with Gasteiger partial charge in [-0.05, 0) is 35.4 Å². The lowest BCUT2D eigenvalue weighted by atomic mass is 10.1. The number of ketones is 2. The quantitative estimate of drug-likeness (QED) is 0.542. The van der Waals surface area contributed by atoms with Gasteiger partial charge in [0.25, 0.3) is 0 Å². The number of hydrogen-bond donors (Lipinski definition) is 0. The van der Waals surface area contributed by atoms with Crippen molar-refractivity contribution in [1.29, 1.82) is 0 Å². The molecule has 0 amide bonds. The molecule has 0 radical (unpaired) electrons. The number of rotatable bonds is 7. The molecule has 2 aromatic rings. The van der Waals surface area contributed by atoms with Crippen LogP contribution in [-0.2, 0) is 11.4 Å². The monoisotopic (exact) mass is 348 g/mol. The van der Waals surface area contributed by atoms with Crippen LogP contribution in [0.25, 0.3) is 6.08 Å². The van der Waals surface area contributed by atoms with Crippen LogP contribution in [0.15, 0.2) is 55.1 Å². The molecule has 6 heteroatoms. The number of carbonyl (C=O) groups is 2. The van der Waals surface area contributed by atoms with Crippen molar-refractivity contribution < 1.29 is 27.5 Å². The minimum Gasteiger partial charge on any atom is -0.489 e. The molecule has 0 saturated heterocycles. The van der Waals surface area contributed by atoms with Gasteiger partial charge in [-0.1, -0.05) is 36.9 Å². The molecule has 0 aliphatic carbocycles. The Morgan fingerprint density at radius 2 is 1.60 bits per heavy atom. The summed E-state index contributed by atoms with van der Waals surface area (Å²) in [6.45, 7) is 3.97. The van der Waals surface area contributed by atoms with Crippen molar-refractivity contribution in [1.82, 2.24) is 0 Å². The molecular formula is C19H15F3O3. The summed E-state index contributed by atoms with van der Waals surface area (Å²) in [5.74, 6) is -2.47. The van der Waals surface area contributed by atoms with Crippen molar-refractivity contribution in [3.63, 3.8) is 0 Å². The van der Waals surface area contributed by atoms with E-state index >= 15 is 0 Å². The minimum atomic E-state index is -5.00. The fourth-order valence-corrected chi connectivity index (χ4v) is 2.00. The summed E-state index contributed by atoms with van der Waals surface area (Å²) >= 11 is 0. The maximum atomic E-state index is 12.2. The van der Waals surface area contributed by atoms with Crippen molar-refractivity contribution in [2.45, 2.75) is 19.2 Å². The van der Waals surface area contributed by atoms with Crippen LogP contribution in [-0.4, -0.2) is 17.7 Å². The Hall–Kier alpha value is -2.89. The third kappa shape index (κ3) is 5.31. The van der Waals surface area contributed by atoms with Gasteiger partial charge in [-0.2, -0.15) is 13.2 Å². The lowest BCUT2D eigenvalue weighted by molar-refractivity contribution is -0.170. The van der Waals surface area contributed by atoms with Crippen molar-refractivity contribution >= 4 is 17.6 Å². The average molecular weight is 348 g/mol. The highest BCUT2D eigenvalue weighted by atomic mass is 19.4. The Kier molecular flexibility index (Phi) is 5.75. The second kappa shape index (κ2) is 7.79. The third-order valence-electron chi connectivity index (χ3n) is 3.43. The van der Waals surface area contributed by atoms with Crippen LogP contribution in [0.5, 0.6) is 5.75 Å². The smallest absolute Gasteiger partial charge is 0.450 e. The van der Waals surface area contributed by atoms with Gasteiger partial charge in [-0.3, -0.25) is 9.59 Å². The summed E-state index contributed by atoms with van der Waals surface area (Å²) < 4.78 is 42.1. The Balaban J connectivity index is 1.93. The van der Waals surface area contributed by atoms with Crippen LogP contribution < -0.4 is 4.74 Å². The van der Waals surface area contributed by atoms with Crippen LogP contribution in [0, 0.1) is 0 Å². The molecule has 0 unspecified atom stereocenters. The lowest BCUT2D eigenvalue weighted by Crippen LogP contribution is -2.25. The van der Waals surface area contributed by atoms with Gasteiger partial charge >= 0.3 is 6.18 Å². The SMILES string of the molecule is C=Cc1ccc(COc2ccc(C(=O)CC(=O)C(F)(F)F)cc2)cc1. The molecule has 0 heterocycles. The van der Waals surface area contributed by atoms with E-state index in [1.807, 2.05) is 24.3 Å². The highest BCUT2D eigenvalue weighted by molar-refractivity contribution is 6.09. The second-order valence-corrected chi connectivity index (χ2v) is 5.28. The first kappa shape index (κ1) is 18.4. The summed E-state index contributed by atoms with van der Waals surface area (Å²) in [5.41, 5.74) is 1.95. The molecule has 130 valence electrons. The van der Waals surface area contributed by atoms with Gasteiger partial charge in [0.15, 0.2) is 5.78 Å². The van der Waals surface area contributed by atoms with E-state index in [9.17, 15) is 22.8 Å². The molecule has 0 fully saturated rings. The number of ether oxygens (including phenoxy) is 1. The highest BCUT2D eigenvalue weighted by Crippen LogP contribution is 2.20. The van der Waals surface area contributed by atoms with E-state index in [-0.39, 0.29) is 5.56 Å². The zero-order chi connectivity index (χ0) is 18.4. The van der Waals surface area contributed by atoms with E-state index in [1.54, 1.807) is 6.08 Å². The molecule has 0 spiro atoms. The summed E-state index contributed by atoms with van der Waals surface area (Å²) in [7, 11) is 0. The van der Waals surface area contributed by atoms with Gasteiger partial charge in [-0.15, -0.1) is 0 Å². The molecule has 0 aliphatic rings. The number of halogens is 3. The largest absolute Gasteiger partial charge is 0.489 e. The molecule has 0 atom stereocenters. The Bertz CT molecular complexity index is 760. The second-order valence-electron chi connectivity index (χ2n) is 5.28. The number of carbonyl (C=O) groups excluding carboxylic acids is 2. The molecule has 0 aliphatic heterocycles. The third-order valence-corrected chi connectivity index (χ3v) is 3.43. The fraction of sp³-hybridized carbons (Fsp3) is 0.158. The van der Waals surface area contributed by atoms with Gasteiger partial charge < -0.3 is 4.74 Å². The zero-order valence-corrected chi connectivity index (χ0v) is 13.2. The molecule has 0 bridgehead atoms. The Labute approximate surface area is 142 Å². The molecule has 0 aromatic heterocycles. The average Bonchev–Trinajstić information content (AvgIpc) is 2.60. The van der Waals surface area contributed by atoms with E-state index in [1.165, 1.54) is 24.3 Å². The van der Waals surface area contributed by atoms with E-state index in [0.717, 1.165) is 11.1 Å². The lowest BCUT2D eigenvalue weighted by Gasteiger charge is -2.08. The predicted molar refractivity (Wildman–Crippen MR) is 87.3 cm³/mol. The van der Waals surface area contributed by atoms with E-state index in [4.69, 9.17) is 4.74 Å². The van der Waals surface area contributed by atoms with Crippen LogP contribution in [0.1, 0.15) is 27.9 Å². The Morgan fingerprint density at radius 3 is 2.12 bits per heavy atom. The van der Waals surface area contributed by atoms with Crippen LogP contribution in [0.2, 0.25) is 0 Å². The first-order valence-electron chi connectivity index (χ1n) is 7.37. The first-order chi connectivity index (χ1) is 11.8. The topological polar surface area (TPSA) is 43.4 Å². The number of hydrogen-bond acceptors (Lipinski definition) is 3. The molecule has 2 rings (SSSR count). The normalized spacial score (nSPS) is 11.0. The van der Waals surface area contributed by atoms with Crippen molar-refractivity contribution in [3.8, 4) is 5.75 Å². The molecule has 25 heavy (non-hydrogen) atoms. The molecule has 0 saturated carbocycles. The fourth-order valence-electron chi connectivity index (χ4n) is 2.00. The summed E-state index contributed by atoms with van der Waals surface area (Å²) in [6, 6.07) is 13.2. The van der Waals surface area contributed by atoms with Gasteiger partial charge in [-0.25, -0.2) is 0 Å². The van der Waals surface area contributed by atoms with E-state index in [2.05, 4.69) is 6.58 Å². The zero-order valence-electron chi connectivity index (χ0n) is 13.2. The van der Waals surface area contributed by atoms with Gasteiger partial charge in [0.1, 0.15) is 12.4 Å². The van der Waals surface area contributed by atoms with E-state index in [0.29, 0.717) is 12.4 Å². The van der Waals surface area contributed by atoms with Crippen molar-refractivity contribution in [3.05, 3.63) is 71.8 Å². The molecular weight excluding hydrogens is 333 g/mol. The molecule has 3 nitrogen and oxygen atoms in total. The van der Waals surface area contributed by atoms with Crippen molar-refractivity contribution in [2.24, 2.45) is 0 Å². The van der Waals surface area contributed by atoms with Gasteiger partial charge in [0.2, 0.25) is 5.78 Å². The maximum Gasteiger partial charge on any atom is 0.450 e. The van der Waals surface area contributed by atoms with Crippen molar-refractivity contribution in [2.75, 3.05) is 0 Å². The standard InChI is InChI=1S/C19H15F3O3/c1-2-13-3-5-14(6-4-13)12-25-16-9-7-15(8-10-16)17(23)11-18(24)19(20,21)22/h2-10H,1,11-12H2. The number of benzene rings is 2. The highest BCUT2D eigenvalue weighted by Gasteiger charge is 2.39. The van der Waals surface area contributed by atoms with Crippen LogP contribution >= 0.6 is 0 Å². The predicted octanol–water partition coefficient (Wildman–Crippen LogP) is 4.61. The summed E-state index contributed by atoms with van der Waals surface area (Å²) in [4.78, 5) is 22.5. The number of alkyl halides is 3. The Morgan fingerprint density at radius 1 is 1.00 bits per heavy atom.